The fourth-order valence-electron chi connectivity index (χ4n) is 3.34. The molecular weight excluding hydrogens is 441 g/mol. The number of alkyl halides is 3. The Hall–Kier alpha value is -3.96. The van der Waals surface area contributed by atoms with Crippen LogP contribution in [0.2, 0.25) is 0 Å². The lowest BCUT2D eigenvalue weighted by Crippen LogP contribution is -2.26. The van der Waals surface area contributed by atoms with Crippen LogP contribution in [0.25, 0.3) is 16.6 Å². The third-order valence-electron chi connectivity index (χ3n) is 4.91. The van der Waals surface area contributed by atoms with E-state index in [0.29, 0.717) is 11.4 Å². The molecule has 1 N–H and O–H groups in total. The number of ether oxygens (including phenoxy) is 1. The van der Waals surface area contributed by atoms with E-state index >= 15 is 0 Å². The number of hydrogen-bond acceptors (Lipinski definition) is 6. The summed E-state index contributed by atoms with van der Waals surface area (Å²) in [4.78, 5) is 29.6. The van der Waals surface area contributed by atoms with Gasteiger partial charge in [0.25, 0.3) is 0 Å². The highest BCUT2D eigenvalue weighted by atomic mass is 19.4. The van der Waals surface area contributed by atoms with Crippen molar-refractivity contribution in [3.05, 3.63) is 58.0 Å². The second-order valence-electron chi connectivity index (χ2n) is 7.58. The minimum absolute atomic E-state index is 0.0213. The average Bonchev–Trinajstić information content (AvgIpc) is 3.15. The average molecular weight is 460 g/mol. The number of pyridine rings is 1. The summed E-state index contributed by atoms with van der Waals surface area (Å²) in [5, 5.41) is 10.9. The smallest absolute Gasteiger partial charge is 0.416 e. The zero-order valence-corrected chi connectivity index (χ0v) is 17.8. The number of rotatable bonds is 5. The van der Waals surface area contributed by atoms with Crippen molar-refractivity contribution in [1.82, 2.24) is 24.4 Å². The van der Waals surface area contributed by atoms with Crippen LogP contribution in [-0.2, 0) is 17.4 Å². The van der Waals surface area contributed by atoms with Crippen LogP contribution < -0.4 is 15.5 Å². The molecule has 0 aliphatic rings. The van der Waals surface area contributed by atoms with E-state index < -0.39 is 29.5 Å². The first-order chi connectivity index (χ1) is 15.6. The summed E-state index contributed by atoms with van der Waals surface area (Å²) in [6.07, 6.45) is -3.38. The Balaban J connectivity index is 1.66. The van der Waals surface area contributed by atoms with Gasteiger partial charge in [-0.15, -0.1) is 5.10 Å². The van der Waals surface area contributed by atoms with Gasteiger partial charge >= 0.3 is 6.18 Å². The molecule has 0 aliphatic carbocycles. The highest BCUT2D eigenvalue weighted by molar-refractivity contribution is 5.91. The van der Waals surface area contributed by atoms with Gasteiger partial charge in [-0.2, -0.15) is 23.3 Å². The van der Waals surface area contributed by atoms with Crippen LogP contribution in [0.3, 0.4) is 0 Å². The number of aromatic nitrogens is 5. The molecule has 0 saturated carbocycles. The Morgan fingerprint density at radius 1 is 1.18 bits per heavy atom. The number of carbonyl (C=O) groups excluding carboxylic acids is 1. The van der Waals surface area contributed by atoms with Crippen molar-refractivity contribution in [2.75, 3.05) is 12.4 Å². The van der Waals surface area contributed by atoms with Crippen LogP contribution in [0.5, 0.6) is 5.75 Å². The fourth-order valence-corrected chi connectivity index (χ4v) is 3.34. The minimum Gasteiger partial charge on any atom is -0.495 e. The first kappa shape index (κ1) is 22.2. The molecule has 1 amide bonds. The molecule has 0 spiro atoms. The van der Waals surface area contributed by atoms with Gasteiger partial charge in [0.15, 0.2) is 5.65 Å². The van der Waals surface area contributed by atoms with E-state index in [1.54, 1.807) is 32.2 Å². The Bertz CT molecular complexity index is 1420. The van der Waals surface area contributed by atoms with Gasteiger partial charge in [0.05, 0.1) is 30.8 Å². The summed E-state index contributed by atoms with van der Waals surface area (Å²) in [7, 11) is 1.51. The molecule has 3 heterocycles. The molecule has 1 aromatic carbocycles. The first-order valence-corrected chi connectivity index (χ1v) is 9.89. The monoisotopic (exact) mass is 460 g/mol. The molecule has 4 rings (SSSR count). The number of nitrogens with zero attached hydrogens (tertiary/aromatic N) is 5. The van der Waals surface area contributed by atoms with Crippen molar-refractivity contribution < 1.29 is 22.7 Å². The minimum atomic E-state index is -4.56. The van der Waals surface area contributed by atoms with Crippen molar-refractivity contribution in [2.24, 2.45) is 0 Å². The maximum atomic E-state index is 13.1. The fraction of sp³-hybridized carbons (Fsp3) is 0.286. The second-order valence-corrected chi connectivity index (χ2v) is 7.58. The van der Waals surface area contributed by atoms with E-state index in [1.165, 1.54) is 16.3 Å². The van der Waals surface area contributed by atoms with E-state index in [0.717, 1.165) is 18.2 Å². The predicted octanol–water partition coefficient (Wildman–Crippen LogP) is 3.23. The highest BCUT2D eigenvalue weighted by Gasteiger charge is 2.31. The van der Waals surface area contributed by atoms with Crippen LogP contribution in [-0.4, -0.2) is 37.4 Å². The normalized spacial score (nSPS) is 12.0. The van der Waals surface area contributed by atoms with Gasteiger partial charge in [0, 0.05) is 11.4 Å². The van der Waals surface area contributed by atoms with Crippen LogP contribution in [0.4, 0.5) is 19.1 Å². The number of methoxy groups -OCH3 is 1. The van der Waals surface area contributed by atoms with Crippen LogP contribution in [0.1, 0.15) is 31.1 Å². The van der Waals surface area contributed by atoms with Crippen LogP contribution in [0.15, 0.2) is 41.3 Å². The van der Waals surface area contributed by atoms with Crippen molar-refractivity contribution >= 4 is 28.4 Å². The molecule has 0 fully saturated rings. The topological polar surface area (TPSA) is 103 Å². The highest BCUT2D eigenvalue weighted by Crippen LogP contribution is 2.31. The SMILES string of the molecule is COc1ccc2nc(NC(=O)Cc3nn(C(C)C)c4cc(C(F)(F)F)ccc4c3=O)nn2c1. The van der Waals surface area contributed by atoms with Gasteiger partial charge in [0.1, 0.15) is 11.4 Å². The Kier molecular flexibility index (Phi) is 5.52. The number of fused-ring (bicyclic) bond motifs is 2. The standard InChI is InChI=1S/C21H19F3N6O3/c1-11(2)30-16-8-12(21(22,23)24)4-6-14(16)19(32)15(27-30)9-18(31)26-20-25-17-7-5-13(33-3)10-29(17)28-20/h4-8,10-11H,9H2,1-3H3,(H,26,28,31). The lowest BCUT2D eigenvalue weighted by atomic mass is 10.1. The number of nitrogens with one attached hydrogen (secondary N) is 1. The Morgan fingerprint density at radius 3 is 2.61 bits per heavy atom. The van der Waals surface area contributed by atoms with Crippen molar-refractivity contribution in [1.29, 1.82) is 0 Å². The van der Waals surface area contributed by atoms with E-state index in [-0.39, 0.29) is 28.6 Å². The second kappa shape index (κ2) is 8.19. The van der Waals surface area contributed by atoms with Gasteiger partial charge in [-0.1, -0.05) is 0 Å². The molecule has 0 atom stereocenters. The first-order valence-electron chi connectivity index (χ1n) is 9.89. The van der Waals surface area contributed by atoms with E-state index in [4.69, 9.17) is 4.74 Å². The molecule has 12 heteroatoms. The zero-order chi connectivity index (χ0) is 23.9. The number of amides is 1. The number of carbonyl (C=O) groups is 1. The predicted molar refractivity (Wildman–Crippen MR) is 113 cm³/mol. The quantitative estimate of drug-likeness (QED) is 0.491. The summed E-state index contributed by atoms with van der Waals surface area (Å²) in [6.45, 7) is 3.44. The van der Waals surface area contributed by atoms with Crippen molar-refractivity contribution in [3.63, 3.8) is 0 Å². The summed E-state index contributed by atoms with van der Waals surface area (Å²) < 4.78 is 47.3. The molecular formula is C21H19F3N6O3. The number of hydrogen-bond donors (Lipinski definition) is 1. The molecule has 0 unspecified atom stereocenters. The molecule has 33 heavy (non-hydrogen) atoms. The number of anilines is 1. The molecule has 0 bridgehead atoms. The van der Waals surface area contributed by atoms with Crippen molar-refractivity contribution in [3.8, 4) is 5.75 Å². The van der Waals surface area contributed by atoms with Gasteiger partial charge in [-0.25, -0.2) is 4.52 Å². The lowest BCUT2D eigenvalue weighted by molar-refractivity contribution is -0.137. The number of halogens is 3. The van der Waals surface area contributed by atoms with Crippen LogP contribution in [0, 0.1) is 0 Å². The van der Waals surface area contributed by atoms with E-state index in [1.807, 2.05) is 0 Å². The van der Waals surface area contributed by atoms with Crippen molar-refractivity contribution in [2.45, 2.75) is 32.5 Å². The van der Waals surface area contributed by atoms with Gasteiger partial charge < -0.3 is 4.74 Å². The maximum absolute atomic E-state index is 13.1. The van der Waals surface area contributed by atoms with Gasteiger partial charge in [-0.05, 0) is 44.2 Å². The van der Waals surface area contributed by atoms with Gasteiger partial charge in [-0.3, -0.25) is 19.6 Å². The summed E-state index contributed by atoms with van der Waals surface area (Å²) in [6, 6.07) is 5.83. The molecule has 0 radical (unpaired) electrons. The Labute approximate surface area is 184 Å². The van der Waals surface area contributed by atoms with E-state index in [9.17, 15) is 22.8 Å². The van der Waals surface area contributed by atoms with Gasteiger partial charge in [0.2, 0.25) is 17.3 Å². The molecule has 3 aromatic heterocycles. The number of benzene rings is 1. The molecule has 4 aromatic rings. The largest absolute Gasteiger partial charge is 0.495 e. The molecule has 172 valence electrons. The third-order valence-corrected chi connectivity index (χ3v) is 4.91. The lowest BCUT2D eigenvalue weighted by Gasteiger charge is -2.16. The summed E-state index contributed by atoms with van der Waals surface area (Å²) in [5.41, 5.74) is -1.08. The third kappa shape index (κ3) is 4.36. The summed E-state index contributed by atoms with van der Waals surface area (Å²) in [5.74, 6) is -0.0226. The molecule has 0 saturated heterocycles. The van der Waals surface area contributed by atoms with Crippen LogP contribution >= 0.6 is 0 Å². The summed E-state index contributed by atoms with van der Waals surface area (Å²) >= 11 is 0. The molecule has 9 nitrogen and oxygen atoms in total. The molecule has 0 aliphatic heterocycles. The zero-order valence-electron chi connectivity index (χ0n) is 17.8. The van der Waals surface area contributed by atoms with E-state index in [2.05, 4.69) is 20.5 Å². The Morgan fingerprint density at radius 2 is 1.94 bits per heavy atom. The maximum Gasteiger partial charge on any atom is 0.416 e.